The van der Waals surface area contributed by atoms with Crippen LogP contribution in [0.3, 0.4) is 0 Å². The maximum absolute atomic E-state index is 14.6. The molecule has 0 bridgehead atoms. The average molecular weight is 550 g/mol. The topological polar surface area (TPSA) is 114 Å². The molecular weight excluding hydrogens is 517 g/mol. The molecule has 3 fully saturated rings. The molecule has 2 aliphatic carbocycles. The molecule has 4 heterocycles. The molecule has 10 nitrogen and oxygen atoms in total. The highest BCUT2D eigenvalue weighted by molar-refractivity contribution is 7.89. The van der Waals surface area contributed by atoms with E-state index in [2.05, 4.69) is 44.0 Å². The number of hydrogen-bond acceptors (Lipinski definition) is 9. The lowest BCUT2D eigenvalue weighted by atomic mass is 10.1. The molecule has 0 unspecified atom stereocenters. The van der Waals surface area contributed by atoms with Gasteiger partial charge >= 0.3 is 0 Å². The van der Waals surface area contributed by atoms with E-state index in [9.17, 15) is 12.8 Å². The van der Waals surface area contributed by atoms with Gasteiger partial charge in [0, 0.05) is 49.9 Å². The summed E-state index contributed by atoms with van der Waals surface area (Å²) in [5.74, 6) is 0.129. The molecule has 6 rings (SSSR count). The molecule has 1 saturated heterocycles. The molecule has 3 aliphatic rings. The van der Waals surface area contributed by atoms with Crippen LogP contribution in [-0.2, 0) is 20.4 Å². The van der Waals surface area contributed by atoms with E-state index in [0.29, 0.717) is 53.9 Å². The number of ether oxygens (including phenoxy) is 1. The van der Waals surface area contributed by atoms with E-state index >= 15 is 0 Å². The van der Waals surface area contributed by atoms with Crippen LogP contribution in [0, 0.1) is 5.92 Å². The minimum atomic E-state index is -3.86. The van der Waals surface area contributed by atoms with Gasteiger partial charge in [-0.05, 0) is 46.1 Å². The lowest BCUT2D eigenvalue weighted by Gasteiger charge is -2.37. The molecule has 0 amide bonds. The minimum absolute atomic E-state index is 0.129. The average Bonchev–Trinajstić information content (AvgIpc) is 3.53. The molecule has 37 heavy (non-hydrogen) atoms. The van der Waals surface area contributed by atoms with Gasteiger partial charge in [-0.2, -0.15) is 0 Å². The Balaban J connectivity index is 1.45. The van der Waals surface area contributed by atoms with Gasteiger partial charge < -0.3 is 15.0 Å². The van der Waals surface area contributed by atoms with Crippen LogP contribution >= 0.6 is 11.3 Å². The van der Waals surface area contributed by atoms with Crippen LogP contribution < -0.4 is 14.9 Å². The molecular formula is C24H32FN7O3S2. The molecule has 2 saturated carbocycles. The maximum Gasteiger partial charge on any atom is 0.242 e. The Hall–Kier alpha value is -2.19. The van der Waals surface area contributed by atoms with E-state index in [1.165, 1.54) is 11.3 Å². The summed E-state index contributed by atoms with van der Waals surface area (Å²) in [5.41, 5.74) is 0.0208. The van der Waals surface area contributed by atoms with Crippen LogP contribution in [0.2, 0.25) is 0 Å². The smallest absolute Gasteiger partial charge is 0.242 e. The fraction of sp³-hybridized carbons (Fsp3) is 0.625. The van der Waals surface area contributed by atoms with Crippen molar-refractivity contribution in [2.45, 2.75) is 68.2 Å². The van der Waals surface area contributed by atoms with Gasteiger partial charge in [0.1, 0.15) is 10.6 Å². The SMILES string of the molecule is COC[C@@H]1C[C@]1(C)NS(=O)(=O)c1cc(N2C[C@H](C)N[C@@H](C)C2)c2ncc(-c3nnc(C4(F)CC4)s3)n2c1. The van der Waals surface area contributed by atoms with Crippen molar-refractivity contribution < 1.29 is 17.5 Å². The largest absolute Gasteiger partial charge is 0.384 e. The van der Waals surface area contributed by atoms with Crippen LogP contribution in [0.4, 0.5) is 10.1 Å². The van der Waals surface area contributed by atoms with E-state index in [1.807, 2.05) is 6.92 Å². The number of nitrogens with zero attached hydrogens (tertiary/aromatic N) is 5. The van der Waals surface area contributed by atoms with E-state index in [1.54, 1.807) is 30.0 Å². The summed E-state index contributed by atoms with van der Waals surface area (Å²) < 4.78 is 51.9. The summed E-state index contributed by atoms with van der Waals surface area (Å²) in [6.45, 7) is 8.04. The third-order valence-corrected chi connectivity index (χ3v) is 10.3. The number of aromatic nitrogens is 4. The number of methoxy groups -OCH3 is 1. The zero-order valence-electron chi connectivity index (χ0n) is 21.4. The van der Waals surface area contributed by atoms with E-state index in [-0.39, 0.29) is 22.9 Å². The van der Waals surface area contributed by atoms with Crippen molar-refractivity contribution in [3.8, 4) is 10.7 Å². The number of sulfonamides is 1. The van der Waals surface area contributed by atoms with Gasteiger partial charge in [-0.1, -0.05) is 11.3 Å². The Kier molecular flexibility index (Phi) is 5.88. The molecule has 0 aromatic carbocycles. The summed E-state index contributed by atoms with van der Waals surface area (Å²) in [5, 5.41) is 12.7. The molecule has 13 heteroatoms. The number of nitrogens with one attached hydrogen (secondary N) is 2. The van der Waals surface area contributed by atoms with Crippen molar-refractivity contribution in [2.75, 3.05) is 31.7 Å². The number of piperazine rings is 1. The van der Waals surface area contributed by atoms with Crippen molar-refractivity contribution in [1.29, 1.82) is 0 Å². The highest BCUT2D eigenvalue weighted by atomic mass is 32.2. The molecule has 200 valence electrons. The first-order valence-electron chi connectivity index (χ1n) is 12.6. The second-order valence-electron chi connectivity index (χ2n) is 11.0. The number of halogens is 1. The van der Waals surface area contributed by atoms with Gasteiger partial charge in [0.2, 0.25) is 10.0 Å². The number of anilines is 1. The molecule has 0 spiro atoms. The first kappa shape index (κ1) is 25.1. The van der Waals surface area contributed by atoms with Gasteiger partial charge in [0.15, 0.2) is 21.3 Å². The second-order valence-corrected chi connectivity index (χ2v) is 13.7. The Morgan fingerprint density at radius 2 is 2.00 bits per heavy atom. The van der Waals surface area contributed by atoms with Gasteiger partial charge in [-0.3, -0.25) is 4.40 Å². The maximum atomic E-state index is 14.6. The van der Waals surface area contributed by atoms with Crippen molar-refractivity contribution in [3.05, 3.63) is 23.5 Å². The van der Waals surface area contributed by atoms with Crippen LogP contribution in [-0.4, -0.2) is 72.4 Å². The quantitative estimate of drug-likeness (QED) is 0.441. The van der Waals surface area contributed by atoms with Crippen LogP contribution in [0.25, 0.3) is 16.3 Å². The number of hydrogen-bond donors (Lipinski definition) is 2. The highest BCUT2D eigenvalue weighted by Crippen LogP contribution is 2.51. The lowest BCUT2D eigenvalue weighted by Crippen LogP contribution is -2.54. The van der Waals surface area contributed by atoms with Crippen LogP contribution in [0.1, 0.15) is 45.0 Å². The van der Waals surface area contributed by atoms with Gasteiger partial charge in [-0.25, -0.2) is 22.5 Å². The van der Waals surface area contributed by atoms with Crippen molar-refractivity contribution in [1.82, 2.24) is 29.6 Å². The van der Waals surface area contributed by atoms with E-state index in [0.717, 1.165) is 12.1 Å². The number of rotatable bonds is 8. The van der Waals surface area contributed by atoms with E-state index < -0.39 is 21.2 Å². The Bertz CT molecular complexity index is 1440. The Morgan fingerprint density at radius 1 is 1.27 bits per heavy atom. The van der Waals surface area contributed by atoms with Gasteiger partial charge in [-0.15, -0.1) is 10.2 Å². The third-order valence-electron chi connectivity index (χ3n) is 7.63. The molecule has 2 N–H and O–H groups in total. The Labute approximate surface area is 219 Å². The predicted octanol–water partition coefficient (Wildman–Crippen LogP) is 2.70. The standard InChI is InChI=1S/C24H32FN7O3S2/c1-14-10-31(11-15(2)27-14)18-7-17(37(33,34)30-23(3)8-16(23)13-35-4)12-32-19(9-26-20(18)32)21-28-29-22(36-21)24(25)5-6-24/h7,9,12,14-16,27,30H,5-6,8,10-11,13H2,1-4H3/t14-,15-,16-,23-/m0/s1. The third kappa shape index (κ3) is 4.54. The van der Waals surface area contributed by atoms with E-state index in [4.69, 9.17) is 4.74 Å². The predicted molar refractivity (Wildman–Crippen MR) is 139 cm³/mol. The highest BCUT2D eigenvalue weighted by Gasteiger charge is 2.52. The Morgan fingerprint density at radius 3 is 2.68 bits per heavy atom. The monoisotopic (exact) mass is 549 g/mol. The number of imidazole rings is 1. The number of alkyl halides is 1. The van der Waals surface area contributed by atoms with Crippen molar-refractivity contribution in [3.63, 3.8) is 0 Å². The fourth-order valence-electron chi connectivity index (χ4n) is 5.33. The first-order chi connectivity index (χ1) is 17.5. The van der Waals surface area contributed by atoms with Crippen molar-refractivity contribution >= 4 is 32.7 Å². The summed E-state index contributed by atoms with van der Waals surface area (Å²) >= 11 is 1.20. The van der Waals surface area contributed by atoms with Crippen LogP contribution in [0.5, 0.6) is 0 Å². The molecule has 0 radical (unpaired) electrons. The van der Waals surface area contributed by atoms with Crippen LogP contribution in [0.15, 0.2) is 23.4 Å². The minimum Gasteiger partial charge on any atom is -0.384 e. The summed E-state index contributed by atoms with van der Waals surface area (Å²) in [6, 6.07) is 2.16. The molecule has 1 aliphatic heterocycles. The summed E-state index contributed by atoms with van der Waals surface area (Å²) in [7, 11) is -2.24. The normalized spacial score (nSPS) is 29.1. The fourth-order valence-corrected chi connectivity index (χ4v) is 7.81. The zero-order chi connectivity index (χ0) is 26.2. The lowest BCUT2D eigenvalue weighted by molar-refractivity contribution is 0.178. The molecule has 4 atom stereocenters. The van der Waals surface area contributed by atoms with Gasteiger partial charge in [0.25, 0.3) is 0 Å². The second kappa shape index (κ2) is 8.67. The van der Waals surface area contributed by atoms with Crippen molar-refractivity contribution in [2.24, 2.45) is 5.92 Å². The summed E-state index contributed by atoms with van der Waals surface area (Å²) in [4.78, 5) is 6.99. The summed E-state index contributed by atoms with van der Waals surface area (Å²) in [6.07, 6.45) is 4.87. The molecule has 3 aromatic heterocycles. The first-order valence-corrected chi connectivity index (χ1v) is 14.9. The number of fused-ring (bicyclic) bond motifs is 1. The van der Waals surface area contributed by atoms with Gasteiger partial charge in [0.05, 0.1) is 18.5 Å². The number of pyridine rings is 1. The zero-order valence-corrected chi connectivity index (χ0v) is 23.0. The molecule has 3 aromatic rings.